The predicted octanol–water partition coefficient (Wildman–Crippen LogP) is 1.00. The monoisotopic (exact) mass is 193 g/mol. The number of aliphatic hydroxyl groups excluding tert-OH is 1. The molecule has 14 heavy (non-hydrogen) atoms. The van der Waals surface area contributed by atoms with Gasteiger partial charge in [0.2, 0.25) is 0 Å². The normalized spacial score (nSPS) is 25.6. The predicted molar refractivity (Wildman–Crippen MR) is 54.3 cm³/mol. The van der Waals surface area contributed by atoms with Gasteiger partial charge in [0.15, 0.2) is 0 Å². The third-order valence-electron chi connectivity index (χ3n) is 2.82. The number of hydrogen-bond acceptors (Lipinski definition) is 3. The molecule has 2 rings (SSSR count). The van der Waals surface area contributed by atoms with E-state index in [1.807, 2.05) is 18.2 Å². The zero-order valence-corrected chi connectivity index (χ0v) is 8.23. The van der Waals surface area contributed by atoms with Gasteiger partial charge in [-0.05, 0) is 36.1 Å². The van der Waals surface area contributed by atoms with Gasteiger partial charge in [0.25, 0.3) is 0 Å². The summed E-state index contributed by atoms with van der Waals surface area (Å²) in [4.78, 5) is 0. The highest BCUT2D eigenvalue weighted by Crippen LogP contribution is 2.31. The van der Waals surface area contributed by atoms with Gasteiger partial charge in [-0.25, -0.2) is 0 Å². The van der Waals surface area contributed by atoms with Crippen molar-refractivity contribution in [2.45, 2.75) is 25.0 Å². The summed E-state index contributed by atoms with van der Waals surface area (Å²) in [6.07, 6.45) is 1.23. The summed E-state index contributed by atoms with van der Waals surface area (Å²) in [6.45, 7) is 0. The van der Waals surface area contributed by atoms with E-state index in [2.05, 4.69) is 0 Å². The van der Waals surface area contributed by atoms with Crippen molar-refractivity contribution in [3.8, 4) is 5.75 Å². The van der Waals surface area contributed by atoms with E-state index in [4.69, 9.17) is 10.5 Å². The first-order valence-electron chi connectivity index (χ1n) is 4.83. The summed E-state index contributed by atoms with van der Waals surface area (Å²) in [5.41, 5.74) is 7.88. The van der Waals surface area contributed by atoms with Crippen LogP contribution in [0.1, 0.15) is 23.7 Å². The Balaban J connectivity index is 2.38. The molecular formula is C11H15NO2. The van der Waals surface area contributed by atoms with Crippen LogP contribution in [0.4, 0.5) is 0 Å². The second kappa shape index (κ2) is 3.59. The second-order valence-corrected chi connectivity index (χ2v) is 3.71. The molecule has 1 aliphatic carbocycles. The van der Waals surface area contributed by atoms with Crippen LogP contribution in [-0.2, 0) is 6.42 Å². The Morgan fingerprint density at radius 3 is 3.00 bits per heavy atom. The van der Waals surface area contributed by atoms with Crippen molar-refractivity contribution < 1.29 is 9.84 Å². The molecule has 76 valence electrons. The molecule has 0 unspecified atom stereocenters. The van der Waals surface area contributed by atoms with E-state index in [0.717, 1.165) is 29.7 Å². The Hall–Kier alpha value is -1.06. The molecule has 3 N–H and O–H groups in total. The van der Waals surface area contributed by atoms with Gasteiger partial charge in [-0.3, -0.25) is 0 Å². The number of methoxy groups -OCH3 is 1. The topological polar surface area (TPSA) is 55.5 Å². The summed E-state index contributed by atoms with van der Waals surface area (Å²) in [5, 5.41) is 9.83. The molecule has 0 saturated carbocycles. The molecule has 0 heterocycles. The molecule has 0 spiro atoms. The van der Waals surface area contributed by atoms with Crippen molar-refractivity contribution >= 4 is 0 Å². The molecule has 3 heteroatoms. The molecule has 1 aromatic rings. The van der Waals surface area contributed by atoms with Crippen LogP contribution in [0.5, 0.6) is 5.75 Å². The highest BCUT2D eigenvalue weighted by atomic mass is 16.5. The van der Waals surface area contributed by atoms with E-state index in [1.54, 1.807) is 7.11 Å². The van der Waals surface area contributed by atoms with Crippen LogP contribution < -0.4 is 10.5 Å². The van der Waals surface area contributed by atoms with Crippen molar-refractivity contribution in [3.05, 3.63) is 29.3 Å². The minimum Gasteiger partial charge on any atom is -0.497 e. The van der Waals surface area contributed by atoms with Crippen molar-refractivity contribution in [2.24, 2.45) is 5.73 Å². The fourth-order valence-electron chi connectivity index (χ4n) is 1.92. The fraction of sp³-hybridized carbons (Fsp3) is 0.455. The first-order chi connectivity index (χ1) is 6.72. The second-order valence-electron chi connectivity index (χ2n) is 3.71. The first-order valence-corrected chi connectivity index (χ1v) is 4.83. The van der Waals surface area contributed by atoms with E-state index >= 15 is 0 Å². The van der Waals surface area contributed by atoms with E-state index in [0.29, 0.717) is 0 Å². The molecule has 0 aliphatic heterocycles. The molecule has 0 amide bonds. The minimum atomic E-state index is -0.523. The van der Waals surface area contributed by atoms with E-state index in [-0.39, 0.29) is 6.04 Å². The van der Waals surface area contributed by atoms with Crippen LogP contribution in [0.25, 0.3) is 0 Å². The van der Waals surface area contributed by atoms with Gasteiger partial charge in [0.05, 0.1) is 13.2 Å². The highest BCUT2D eigenvalue weighted by molar-refractivity contribution is 5.39. The maximum absolute atomic E-state index is 9.83. The van der Waals surface area contributed by atoms with Crippen molar-refractivity contribution in [1.82, 2.24) is 0 Å². The number of fused-ring (bicyclic) bond motifs is 1. The van der Waals surface area contributed by atoms with E-state index in [9.17, 15) is 5.11 Å². The number of nitrogens with two attached hydrogens (primary N) is 1. The number of benzene rings is 1. The van der Waals surface area contributed by atoms with Gasteiger partial charge in [-0.2, -0.15) is 0 Å². The number of aliphatic hydroxyl groups is 1. The van der Waals surface area contributed by atoms with Crippen molar-refractivity contribution in [2.75, 3.05) is 7.11 Å². The summed E-state index contributed by atoms with van der Waals surface area (Å²) in [6, 6.07) is 5.61. The Morgan fingerprint density at radius 2 is 2.29 bits per heavy atom. The fourth-order valence-corrected chi connectivity index (χ4v) is 1.92. The third-order valence-corrected chi connectivity index (χ3v) is 2.82. The molecule has 3 nitrogen and oxygen atoms in total. The Labute approximate surface area is 83.5 Å². The molecule has 0 saturated heterocycles. The zero-order chi connectivity index (χ0) is 10.1. The van der Waals surface area contributed by atoms with Crippen LogP contribution in [0.2, 0.25) is 0 Å². The van der Waals surface area contributed by atoms with Gasteiger partial charge in [-0.15, -0.1) is 0 Å². The number of aryl methyl sites for hydroxylation is 1. The van der Waals surface area contributed by atoms with Crippen LogP contribution in [0.3, 0.4) is 0 Å². The average Bonchev–Trinajstić information content (AvgIpc) is 2.23. The molecule has 0 fully saturated rings. The summed E-state index contributed by atoms with van der Waals surface area (Å²) < 4.78 is 5.13. The van der Waals surface area contributed by atoms with Gasteiger partial charge >= 0.3 is 0 Å². The lowest BCUT2D eigenvalue weighted by Crippen LogP contribution is -2.32. The molecule has 0 aromatic heterocycles. The largest absolute Gasteiger partial charge is 0.497 e. The summed E-state index contributed by atoms with van der Waals surface area (Å²) in [7, 11) is 1.65. The molecule has 2 atom stereocenters. The summed E-state index contributed by atoms with van der Waals surface area (Å²) >= 11 is 0. The van der Waals surface area contributed by atoms with Gasteiger partial charge in [-0.1, -0.05) is 6.07 Å². The molecule has 0 bridgehead atoms. The van der Waals surface area contributed by atoms with E-state index in [1.165, 1.54) is 0 Å². The van der Waals surface area contributed by atoms with Gasteiger partial charge in [0, 0.05) is 6.04 Å². The standard InChI is InChI=1S/C11H15NO2/c1-14-8-3-4-9-7(6-8)2-5-10(12)11(9)13/h3-4,6,10-11,13H,2,5,12H2,1H3/t10-,11-/m0/s1. The van der Waals surface area contributed by atoms with Crippen molar-refractivity contribution in [3.63, 3.8) is 0 Å². The molecular weight excluding hydrogens is 178 g/mol. The Kier molecular flexibility index (Phi) is 2.44. The summed E-state index contributed by atoms with van der Waals surface area (Å²) in [5.74, 6) is 0.839. The quantitative estimate of drug-likeness (QED) is 0.699. The van der Waals surface area contributed by atoms with Crippen LogP contribution in [0, 0.1) is 0 Å². The number of ether oxygens (including phenoxy) is 1. The van der Waals surface area contributed by atoms with Gasteiger partial charge < -0.3 is 15.6 Å². The minimum absolute atomic E-state index is 0.129. The lowest BCUT2D eigenvalue weighted by atomic mass is 9.86. The molecule has 1 aliphatic rings. The number of hydrogen-bond donors (Lipinski definition) is 2. The van der Waals surface area contributed by atoms with Gasteiger partial charge in [0.1, 0.15) is 5.75 Å². The average molecular weight is 193 g/mol. The lowest BCUT2D eigenvalue weighted by Gasteiger charge is -2.27. The van der Waals surface area contributed by atoms with Crippen LogP contribution >= 0.6 is 0 Å². The van der Waals surface area contributed by atoms with Crippen molar-refractivity contribution in [1.29, 1.82) is 0 Å². The highest BCUT2D eigenvalue weighted by Gasteiger charge is 2.24. The Morgan fingerprint density at radius 1 is 1.50 bits per heavy atom. The molecule has 1 aromatic carbocycles. The maximum Gasteiger partial charge on any atom is 0.119 e. The smallest absolute Gasteiger partial charge is 0.119 e. The molecule has 0 radical (unpaired) electrons. The zero-order valence-electron chi connectivity index (χ0n) is 8.23. The Bertz CT molecular complexity index is 338. The van der Waals surface area contributed by atoms with Crippen LogP contribution in [0.15, 0.2) is 18.2 Å². The van der Waals surface area contributed by atoms with E-state index < -0.39 is 6.10 Å². The number of rotatable bonds is 1. The van der Waals surface area contributed by atoms with Crippen LogP contribution in [-0.4, -0.2) is 18.3 Å². The first kappa shape index (κ1) is 9.49. The lowest BCUT2D eigenvalue weighted by molar-refractivity contribution is 0.133. The maximum atomic E-state index is 9.83. The SMILES string of the molecule is COc1ccc2c(c1)CC[C@H](N)[C@H]2O. The third kappa shape index (κ3) is 1.49.